The van der Waals surface area contributed by atoms with E-state index in [1.807, 2.05) is 24.3 Å². The molecule has 4 nitrogen and oxygen atoms in total. The number of benzene rings is 2. The first-order chi connectivity index (χ1) is 10.2. The van der Waals surface area contributed by atoms with E-state index in [1.165, 1.54) is 0 Å². The molecule has 0 heterocycles. The smallest absolute Gasteiger partial charge is 0.136 e. The molecule has 0 aliphatic rings. The van der Waals surface area contributed by atoms with Crippen molar-refractivity contribution in [1.82, 2.24) is 0 Å². The van der Waals surface area contributed by atoms with E-state index in [-0.39, 0.29) is 6.10 Å². The van der Waals surface area contributed by atoms with Crippen molar-refractivity contribution in [2.24, 2.45) is 5.73 Å². The molecular weight excluding hydrogens is 332 g/mol. The standard InChI is InChI=1S/C16H15BrN2O2/c1-20-14-5-11(9-18)6-15(8-14)21-16(10-19)12-3-2-4-13(17)7-12/h2-8,16H,10,19H2,1H3. The maximum absolute atomic E-state index is 9.03. The van der Waals surface area contributed by atoms with Gasteiger partial charge in [0.15, 0.2) is 0 Å². The number of ether oxygens (including phenoxy) is 2. The Hall–Kier alpha value is -2.03. The van der Waals surface area contributed by atoms with Gasteiger partial charge in [-0.3, -0.25) is 0 Å². The summed E-state index contributed by atoms with van der Waals surface area (Å²) < 4.78 is 12.0. The van der Waals surface area contributed by atoms with Crippen LogP contribution in [0.4, 0.5) is 0 Å². The summed E-state index contributed by atoms with van der Waals surface area (Å²) in [6, 6.07) is 14.9. The average molecular weight is 347 g/mol. The molecule has 2 aromatic rings. The van der Waals surface area contributed by atoms with Gasteiger partial charge in [0.05, 0.1) is 18.7 Å². The summed E-state index contributed by atoms with van der Waals surface area (Å²) in [7, 11) is 1.55. The van der Waals surface area contributed by atoms with E-state index in [9.17, 15) is 0 Å². The number of nitrogens with zero attached hydrogens (tertiary/aromatic N) is 1. The minimum absolute atomic E-state index is 0.291. The Kier molecular flexibility index (Phi) is 5.20. The molecule has 2 aromatic carbocycles. The molecule has 0 spiro atoms. The maximum Gasteiger partial charge on any atom is 0.136 e. The van der Waals surface area contributed by atoms with Crippen molar-refractivity contribution in [2.45, 2.75) is 6.10 Å². The van der Waals surface area contributed by atoms with E-state index < -0.39 is 0 Å². The van der Waals surface area contributed by atoms with Gasteiger partial charge in [-0.25, -0.2) is 0 Å². The topological polar surface area (TPSA) is 68.3 Å². The third kappa shape index (κ3) is 3.97. The quantitative estimate of drug-likeness (QED) is 0.900. The molecule has 0 aliphatic heterocycles. The minimum Gasteiger partial charge on any atom is -0.497 e. The van der Waals surface area contributed by atoms with E-state index >= 15 is 0 Å². The Morgan fingerprint density at radius 3 is 2.62 bits per heavy atom. The molecule has 2 N–H and O–H groups in total. The SMILES string of the molecule is COc1cc(C#N)cc(OC(CN)c2cccc(Br)c2)c1. The first-order valence-electron chi connectivity index (χ1n) is 6.37. The summed E-state index contributed by atoms with van der Waals surface area (Å²) in [6.07, 6.45) is -0.291. The molecular formula is C16H15BrN2O2. The fraction of sp³-hybridized carbons (Fsp3) is 0.188. The summed E-state index contributed by atoms with van der Waals surface area (Å²) in [5.74, 6) is 1.13. The number of hydrogen-bond donors (Lipinski definition) is 1. The molecule has 0 bridgehead atoms. The number of rotatable bonds is 5. The van der Waals surface area contributed by atoms with E-state index in [2.05, 4.69) is 22.0 Å². The third-order valence-corrected chi connectivity index (χ3v) is 3.45. The number of halogens is 1. The zero-order chi connectivity index (χ0) is 15.2. The molecule has 0 amide bonds. The van der Waals surface area contributed by atoms with Crippen molar-refractivity contribution in [3.05, 3.63) is 58.1 Å². The molecule has 1 atom stereocenters. The Morgan fingerprint density at radius 1 is 1.24 bits per heavy atom. The Morgan fingerprint density at radius 2 is 2.00 bits per heavy atom. The van der Waals surface area contributed by atoms with Crippen LogP contribution in [0, 0.1) is 11.3 Å². The fourth-order valence-corrected chi connectivity index (χ4v) is 2.36. The lowest BCUT2D eigenvalue weighted by molar-refractivity contribution is 0.213. The van der Waals surface area contributed by atoms with Crippen LogP contribution in [-0.4, -0.2) is 13.7 Å². The van der Waals surface area contributed by atoms with E-state index in [1.54, 1.807) is 25.3 Å². The van der Waals surface area contributed by atoms with Crippen LogP contribution in [0.15, 0.2) is 46.9 Å². The van der Waals surface area contributed by atoms with Crippen molar-refractivity contribution >= 4 is 15.9 Å². The number of nitrogens with two attached hydrogens (primary N) is 1. The van der Waals surface area contributed by atoms with E-state index in [0.717, 1.165) is 10.0 Å². The van der Waals surface area contributed by atoms with Crippen molar-refractivity contribution in [1.29, 1.82) is 5.26 Å². The van der Waals surface area contributed by atoms with Gasteiger partial charge in [0.1, 0.15) is 17.6 Å². The lowest BCUT2D eigenvalue weighted by Crippen LogP contribution is -2.18. The summed E-state index contributed by atoms with van der Waals surface area (Å²) in [6.45, 7) is 0.329. The van der Waals surface area contributed by atoms with Gasteiger partial charge in [-0.1, -0.05) is 28.1 Å². The van der Waals surface area contributed by atoms with Gasteiger partial charge in [-0.15, -0.1) is 0 Å². The molecule has 2 rings (SSSR count). The van der Waals surface area contributed by atoms with Gasteiger partial charge in [0.2, 0.25) is 0 Å². The molecule has 21 heavy (non-hydrogen) atoms. The Labute approximate surface area is 132 Å². The van der Waals surface area contributed by atoms with Crippen LogP contribution in [-0.2, 0) is 0 Å². The third-order valence-electron chi connectivity index (χ3n) is 2.96. The van der Waals surface area contributed by atoms with Gasteiger partial charge in [0, 0.05) is 17.1 Å². The van der Waals surface area contributed by atoms with Crippen LogP contribution >= 0.6 is 15.9 Å². The van der Waals surface area contributed by atoms with E-state index in [0.29, 0.717) is 23.6 Å². The summed E-state index contributed by atoms with van der Waals surface area (Å²) in [4.78, 5) is 0. The summed E-state index contributed by atoms with van der Waals surface area (Å²) in [5.41, 5.74) is 7.25. The Balaban J connectivity index is 2.28. The highest BCUT2D eigenvalue weighted by Crippen LogP contribution is 2.27. The summed E-state index contributed by atoms with van der Waals surface area (Å²) >= 11 is 3.43. The van der Waals surface area contributed by atoms with Gasteiger partial charge in [-0.2, -0.15) is 5.26 Å². The maximum atomic E-state index is 9.03. The second-order valence-corrected chi connectivity index (χ2v) is 5.32. The zero-order valence-corrected chi connectivity index (χ0v) is 13.1. The van der Waals surface area contributed by atoms with Crippen molar-refractivity contribution < 1.29 is 9.47 Å². The second kappa shape index (κ2) is 7.11. The molecule has 0 saturated heterocycles. The van der Waals surface area contributed by atoms with Crippen molar-refractivity contribution in [3.63, 3.8) is 0 Å². The molecule has 1 unspecified atom stereocenters. The number of nitriles is 1. The molecule has 108 valence electrons. The van der Waals surface area contributed by atoms with Crippen LogP contribution in [0.3, 0.4) is 0 Å². The molecule has 0 aliphatic carbocycles. The zero-order valence-electron chi connectivity index (χ0n) is 11.5. The Bertz CT molecular complexity index is 668. The predicted molar refractivity (Wildman–Crippen MR) is 84.3 cm³/mol. The lowest BCUT2D eigenvalue weighted by Gasteiger charge is -2.18. The molecule has 5 heteroatoms. The van der Waals surface area contributed by atoms with Gasteiger partial charge < -0.3 is 15.2 Å². The lowest BCUT2D eigenvalue weighted by atomic mass is 10.1. The molecule has 0 aromatic heterocycles. The van der Waals surface area contributed by atoms with E-state index in [4.69, 9.17) is 20.5 Å². The number of hydrogen-bond acceptors (Lipinski definition) is 4. The normalized spacial score (nSPS) is 11.5. The average Bonchev–Trinajstić information content (AvgIpc) is 2.52. The molecule has 0 fully saturated rings. The largest absolute Gasteiger partial charge is 0.497 e. The van der Waals surface area contributed by atoms with Crippen molar-refractivity contribution in [3.8, 4) is 17.6 Å². The van der Waals surface area contributed by atoms with Crippen LogP contribution in [0.2, 0.25) is 0 Å². The van der Waals surface area contributed by atoms with Crippen molar-refractivity contribution in [2.75, 3.05) is 13.7 Å². The summed E-state index contributed by atoms with van der Waals surface area (Å²) in [5, 5.41) is 9.03. The highest BCUT2D eigenvalue weighted by molar-refractivity contribution is 9.10. The van der Waals surface area contributed by atoms with Crippen LogP contribution in [0.1, 0.15) is 17.2 Å². The molecule has 0 radical (unpaired) electrons. The van der Waals surface area contributed by atoms with Crippen LogP contribution in [0.5, 0.6) is 11.5 Å². The molecule has 0 saturated carbocycles. The first-order valence-corrected chi connectivity index (χ1v) is 7.17. The first kappa shape index (κ1) is 15.4. The van der Waals surface area contributed by atoms with Gasteiger partial charge in [0.25, 0.3) is 0 Å². The fourth-order valence-electron chi connectivity index (χ4n) is 1.95. The minimum atomic E-state index is -0.291. The van der Waals surface area contributed by atoms with Gasteiger partial charge in [-0.05, 0) is 29.8 Å². The van der Waals surface area contributed by atoms with Crippen LogP contribution < -0.4 is 15.2 Å². The highest BCUT2D eigenvalue weighted by Gasteiger charge is 2.13. The number of methoxy groups -OCH3 is 1. The highest BCUT2D eigenvalue weighted by atomic mass is 79.9. The second-order valence-electron chi connectivity index (χ2n) is 4.41. The van der Waals surface area contributed by atoms with Crippen LogP contribution in [0.25, 0.3) is 0 Å². The van der Waals surface area contributed by atoms with Gasteiger partial charge >= 0.3 is 0 Å². The predicted octanol–water partition coefficient (Wildman–Crippen LogP) is 3.41. The monoisotopic (exact) mass is 346 g/mol.